The fourth-order valence-electron chi connectivity index (χ4n) is 2.64. The van der Waals surface area contributed by atoms with Gasteiger partial charge in [0.15, 0.2) is 11.5 Å². The molecular formula is C17H15NO4. The molecule has 0 spiro atoms. The lowest BCUT2D eigenvalue weighted by Gasteiger charge is -2.26. The Bertz CT molecular complexity index is 714. The van der Waals surface area contributed by atoms with Gasteiger partial charge in [-0.05, 0) is 23.8 Å². The normalized spacial score (nSPS) is 22.9. The summed E-state index contributed by atoms with van der Waals surface area (Å²) in [5, 5.41) is 10.2. The highest BCUT2D eigenvalue weighted by molar-refractivity contribution is 5.95. The number of aliphatic hydroxyl groups excluding tert-OH is 1. The van der Waals surface area contributed by atoms with Crippen LogP contribution in [0.5, 0.6) is 11.5 Å². The zero-order valence-electron chi connectivity index (χ0n) is 11.8. The van der Waals surface area contributed by atoms with Crippen LogP contribution < -0.4 is 9.47 Å². The molecule has 4 rings (SSSR count). The van der Waals surface area contributed by atoms with Crippen LogP contribution in [0.4, 0.5) is 0 Å². The van der Waals surface area contributed by atoms with Crippen molar-refractivity contribution < 1.29 is 19.3 Å². The second-order valence-electron chi connectivity index (χ2n) is 5.24. The van der Waals surface area contributed by atoms with Crippen molar-refractivity contribution in [2.45, 2.75) is 12.1 Å². The van der Waals surface area contributed by atoms with Crippen molar-refractivity contribution >= 4 is 5.90 Å². The summed E-state index contributed by atoms with van der Waals surface area (Å²) in [6.45, 7) is 0.449. The van der Waals surface area contributed by atoms with E-state index in [1.54, 1.807) is 0 Å². The summed E-state index contributed by atoms with van der Waals surface area (Å²) in [6.07, 6.45) is -0.653. The van der Waals surface area contributed by atoms with Gasteiger partial charge >= 0.3 is 0 Å². The number of ether oxygens (including phenoxy) is 3. The van der Waals surface area contributed by atoms with Crippen LogP contribution in [0.2, 0.25) is 0 Å². The smallest absolute Gasteiger partial charge is 0.231 e. The fraction of sp³-hybridized carbons (Fsp3) is 0.235. The monoisotopic (exact) mass is 297 g/mol. The zero-order valence-corrected chi connectivity index (χ0v) is 11.8. The third-order valence-corrected chi connectivity index (χ3v) is 3.77. The van der Waals surface area contributed by atoms with E-state index in [4.69, 9.17) is 14.2 Å². The second kappa shape index (κ2) is 5.35. The van der Waals surface area contributed by atoms with Gasteiger partial charge < -0.3 is 19.3 Å². The molecule has 112 valence electrons. The van der Waals surface area contributed by atoms with Crippen LogP contribution in [0.15, 0.2) is 53.5 Å². The van der Waals surface area contributed by atoms with Crippen molar-refractivity contribution in [2.75, 3.05) is 13.4 Å². The molecule has 2 atom stereocenters. The molecule has 22 heavy (non-hydrogen) atoms. The van der Waals surface area contributed by atoms with Crippen molar-refractivity contribution in [3.8, 4) is 11.5 Å². The molecule has 5 heteroatoms. The highest BCUT2D eigenvalue weighted by Crippen LogP contribution is 2.34. The van der Waals surface area contributed by atoms with Crippen molar-refractivity contribution in [2.24, 2.45) is 4.99 Å². The van der Waals surface area contributed by atoms with Crippen LogP contribution in [0.3, 0.4) is 0 Å². The first-order valence-corrected chi connectivity index (χ1v) is 7.15. The third-order valence-electron chi connectivity index (χ3n) is 3.77. The molecule has 0 radical (unpaired) electrons. The molecule has 2 aliphatic rings. The summed E-state index contributed by atoms with van der Waals surface area (Å²) in [7, 11) is 0. The van der Waals surface area contributed by atoms with Gasteiger partial charge in [0.25, 0.3) is 0 Å². The highest BCUT2D eigenvalue weighted by Gasteiger charge is 2.28. The Balaban J connectivity index is 1.69. The molecule has 0 bridgehead atoms. The number of aliphatic imine (C=N–C) groups is 1. The van der Waals surface area contributed by atoms with E-state index >= 15 is 0 Å². The van der Waals surface area contributed by atoms with Gasteiger partial charge in [0, 0.05) is 5.56 Å². The first-order valence-electron chi connectivity index (χ1n) is 7.15. The Morgan fingerprint density at radius 1 is 0.955 bits per heavy atom. The van der Waals surface area contributed by atoms with Crippen molar-refractivity contribution in [3.05, 3.63) is 59.7 Å². The van der Waals surface area contributed by atoms with Crippen LogP contribution in [0.1, 0.15) is 17.2 Å². The van der Waals surface area contributed by atoms with E-state index in [9.17, 15) is 5.11 Å². The molecule has 0 amide bonds. The number of rotatable bonds is 2. The van der Waals surface area contributed by atoms with Crippen molar-refractivity contribution in [3.63, 3.8) is 0 Å². The number of hydrogen-bond donors (Lipinski definition) is 1. The van der Waals surface area contributed by atoms with E-state index in [2.05, 4.69) is 4.99 Å². The Kier molecular flexibility index (Phi) is 3.20. The SMILES string of the molecule is OC1COC(c2ccc3c(c2)OCO3)=NC1c1ccccc1. The lowest BCUT2D eigenvalue weighted by molar-refractivity contribution is 0.0652. The minimum absolute atomic E-state index is 0.215. The fourth-order valence-corrected chi connectivity index (χ4v) is 2.64. The van der Waals surface area contributed by atoms with Crippen LogP contribution in [-0.4, -0.2) is 30.5 Å². The number of benzene rings is 2. The van der Waals surface area contributed by atoms with Crippen LogP contribution in [-0.2, 0) is 4.74 Å². The van der Waals surface area contributed by atoms with E-state index in [1.807, 2.05) is 48.5 Å². The quantitative estimate of drug-likeness (QED) is 0.924. The molecule has 2 unspecified atom stereocenters. The molecule has 0 saturated carbocycles. The van der Waals surface area contributed by atoms with Crippen LogP contribution in [0, 0.1) is 0 Å². The first kappa shape index (κ1) is 13.2. The number of nitrogens with zero attached hydrogens (tertiary/aromatic N) is 1. The van der Waals surface area contributed by atoms with E-state index < -0.39 is 6.10 Å². The number of aliphatic hydroxyl groups is 1. The molecule has 0 aliphatic carbocycles. The standard InChI is InChI=1S/C17H15NO4/c19-13-9-20-17(18-16(13)11-4-2-1-3-5-11)12-6-7-14-15(8-12)22-10-21-14/h1-8,13,16,19H,9-10H2. The van der Waals surface area contributed by atoms with E-state index in [0.29, 0.717) is 11.6 Å². The van der Waals surface area contributed by atoms with Crippen LogP contribution >= 0.6 is 0 Å². The maximum absolute atomic E-state index is 10.2. The molecule has 2 heterocycles. The van der Waals surface area contributed by atoms with Gasteiger partial charge in [-0.1, -0.05) is 30.3 Å². The number of hydrogen-bond acceptors (Lipinski definition) is 5. The lowest BCUT2D eigenvalue weighted by atomic mass is 10.0. The minimum Gasteiger partial charge on any atom is -0.475 e. The van der Waals surface area contributed by atoms with E-state index in [-0.39, 0.29) is 19.4 Å². The van der Waals surface area contributed by atoms with Gasteiger partial charge in [-0.15, -0.1) is 0 Å². The van der Waals surface area contributed by atoms with E-state index in [0.717, 1.165) is 16.9 Å². The van der Waals surface area contributed by atoms with Gasteiger partial charge in [-0.2, -0.15) is 0 Å². The molecule has 2 aliphatic heterocycles. The molecule has 0 fully saturated rings. The predicted octanol–water partition coefficient (Wildman–Crippen LogP) is 2.29. The first-order chi connectivity index (χ1) is 10.8. The van der Waals surface area contributed by atoms with Crippen LogP contribution in [0.25, 0.3) is 0 Å². The zero-order chi connectivity index (χ0) is 14.9. The van der Waals surface area contributed by atoms with Crippen molar-refractivity contribution in [1.29, 1.82) is 0 Å². The number of fused-ring (bicyclic) bond motifs is 1. The molecule has 2 aromatic rings. The largest absolute Gasteiger partial charge is 0.475 e. The summed E-state index contributed by atoms with van der Waals surface area (Å²) < 4.78 is 16.3. The van der Waals surface area contributed by atoms with Gasteiger partial charge in [-0.25, -0.2) is 4.99 Å². The van der Waals surface area contributed by atoms with Gasteiger partial charge in [0.1, 0.15) is 18.8 Å². The summed E-state index contributed by atoms with van der Waals surface area (Å²) in [6, 6.07) is 15.0. The molecule has 1 N–H and O–H groups in total. The Hall–Kier alpha value is -2.53. The average molecular weight is 297 g/mol. The van der Waals surface area contributed by atoms with Crippen molar-refractivity contribution in [1.82, 2.24) is 0 Å². The minimum atomic E-state index is -0.653. The molecule has 0 saturated heterocycles. The molecular weight excluding hydrogens is 282 g/mol. The van der Waals surface area contributed by atoms with Gasteiger partial charge in [-0.3, -0.25) is 0 Å². The topological polar surface area (TPSA) is 60.3 Å². The second-order valence-corrected chi connectivity index (χ2v) is 5.24. The lowest BCUT2D eigenvalue weighted by Crippen LogP contribution is -2.31. The Morgan fingerprint density at radius 3 is 2.64 bits per heavy atom. The Morgan fingerprint density at radius 2 is 1.77 bits per heavy atom. The molecule has 0 aromatic heterocycles. The Labute approximate surface area is 127 Å². The third kappa shape index (κ3) is 2.29. The molecule has 2 aromatic carbocycles. The van der Waals surface area contributed by atoms with Gasteiger partial charge in [0.05, 0.1) is 0 Å². The maximum atomic E-state index is 10.2. The maximum Gasteiger partial charge on any atom is 0.231 e. The summed E-state index contributed by atoms with van der Waals surface area (Å²) in [5.74, 6) is 1.92. The van der Waals surface area contributed by atoms with E-state index in [1.165, 1.54) is 0 Å². The summed E-state index contributed by atoms with van der Waals surface area (Å²) >= 11 is 0. The average Bonchev–Trinajstić information content (AvgIpc) is 3.04. The summed E-state index contributed by atoms with van der Waals surface area (Å²) in [5.41, 5.74) is 1.79. The molecule has 5 nitrogen and oxygen atoms in total. The predicted molar refractivity (Wildman–Crippen MR) is 80.2 cm³/mol. The summed E-state index contributed by atoms with van der Waals surface area (Å²) in [4.78, 5) is 4.58. The van der Waals surface area contributed by atoms with Gasteiger partial charge in [0.2, 0.25) is 12.7 Å². The highest BCUT2D eigenvalue weighted by atomic mass is 16.7.